The van der Waals surface area contributed by atoms with E-state index in [0.717, 1.165) is 35.2 Å². The fourth-order valence-electron chi connectivity index (χ4n) is 3.71. The average molecular weight is 600 g/mol. The molecule has 1 unspecified atom stereocenters. The summed E-state index contributed by atoms with van der Waals surface area (Å²) in [7, 11) is 0. The summed E-state index contributed by atoms with van der Waals surface area (Å²) < 4.78 is 83.8. The maximum absolute atomic E-state index is 14.1. The molecule has 0 aliphatic heterocycles. The number of rotatable bonds is 11. The minimum Gasteiger partial charge on any atom is -0.403 e. The number of halogens is 6. The number of amides is 2. The van der Waals surface area contributed by atoms with E-state index in [0.29, 0.717) is 11.1 Å². The second kappa shape index (κ2) is 13.6. The third-order valence-electron chi connectivity index (χ3n) is 5.58. The van der Waals surface area contributed by atoms with Crippen molar-refractivity contribution in [1.82, 2.24) is 14.8 Å². The van der Waals surface area contributed by atoms with Gasteiger partial charge in [0.2, 0.25) is 6.41 Å². The van der Waals surface area contributed by atoms with E-state index in [2.05, 4.69) is 15.3 Å². The molecule has 2 amide bonds. The van der Waals surface area contributed by atoms with Gasteiger partial charge in [-0.15, -0.1) is 0 Å². The van der Waals surface area contributed by atoms with Crippen molar-refractivity contribution >= 4 is 41.2 Å². The van der Waals surface area contributed by atoms with Crippen LogP contribution in [0.25, 0.3) is 0 Å². The number of nitrogens with zero attached hydrogens (tertiary/aromatic N) is 4. The van der Waals surface area contributed by atoms with Crippen LogP contribution >= 0.6 is 0 Å². The van der Waals surface area contributed by atoms with Gasteiger partial charge in [-0.3, -0.25) is 20.4 Å². The lowest BCUT2D eigenvalue weighted by Crippen LogP contribution is -2.44. The summed E-state index contributed by atoms with van der Waals surface area (Å²) in [6.45, 7) is 1.93. The van der Waals surface area contributed by atoms with Crippen LogP contribution in [0.4, 0.5) is 37.8 Å². The van der Waals surface area contributed by atoms with Gasteiger partial charge in [0.25, 0.3) is 5.91 Å². The molecule has 226 valence electrons. The van der Waals surface area contributed by atoms with Crippen molar-refractivity contribution in [3.63, 3.8) is 0 Å². The van der Waals surface area contributed by atoms with E-state index >= 15 is 0 Å². The maximum Gasteiger partial charge on any atom is 0.435 e. The number of hydrogen-bond acceptors (Lipinski definition) is 8. The zero-order valence-electron chi connectivity index (χ0n) is 22.2. The molecule has 1 heterocycles. The first-order chi connectivity index (χ1) is 19.5. The summed E-state index contributed by atoms with van der Waals surface area (Å²) in [5.74, 6) is -1.71. The Labute approximate surface area is 235 Å². The van der Waals surface area contributed by atoms with Crippen LogP contribution in [0.1, 0.15) is 35.9 Å². The van der Waals surface area contributed by atoms with Crippen molar-refractivity contribution in [2.45, 2.75) is 32.2 Å². The molecule has 2 rings (SSSR count). The molecule has 0 aliphatic rings. The van der Waals surface area contributed by atoms with Crippen molar-refractivity contribution < 1.29 is 35.9 Å². The lowest BCUT2D eigenvalue weighted by molar-refractivity contribution is -0.187. The van der Waals surface area contributed by atoms with E-state index in [4.69, 9.17) is 22.3 Å². The molecular weight excluding hydrogens is 572 g/mol. The van der Waals surface area contributed by atoms with Gasteiger partial charge in [0, 0.05) is 25.0 Å². The number of benzene rings is 1. The standard InChI is InChI=1S/C25H27F6N9O2/c1-14(33)40(15(2)34)11-10-39(13-41)22(25(29,30)31)16-6-8-17(9-7-16)36-19(12-32)21(24(26,27)28)38-20-5-3-4-18(37-20)23(35)42/h3-9,12-13,22,33-34,36H,10-11,32H2,1-2H3,(H2,35,42)/b19-12+,33-14?,34-15?,38-21-. The maximum atomic E-state index is 14.1. The van der Waals surface area contributed by atoms with E-state index in [-0.39, 0.29) is 36.0 Å². The monoisotopic (exact) mass is 599 g/mol. The molecule has 11 nitrogen and oxygen atoms in total. The summed E-state index contributed by atoms with van der Waals surface area (Å²) in [4.78, 5) is 31.6. The number of alkyl halides is 6. The predicted octanol–water partition coefficient (Wildman–Crippen LogP) is 4.09. The van der Waals surface area contributed by atoms with Crippen molar-refractivity contribution in [2.75, 3.05) is 18.4 Å². The molecule has 0 spiro atoms. The minimum absolute atomic E-state index is 0.0103. The van der Waals surface area contributed by atoms with E-state index in [1.54, 1.807) is 0 Å². The highest BCUT2D eigenvalue weighted by Crippen LogP contribution is 2.37. The van der Waals surface area contributed by atoms with Gasteiger partial charge in [-0.05, 0) is 43.7 Å². The summed E-state index contributed by atoms with van der Waals surface area (Å²) in [6, 6.07) is 5.09. The Hall–Kier alpha value is -4.96. The lowest BCUT2D eigenvalue weighted by atomic mass is 10.0. The number of nitrogens with one attached hydrogen (secondary N) is 3. The molecule has 0 fully saturated rings. The number of primary amides is 1. The molecular formula is C25H27F6N9O2. The Morgan fingerprint density at radius 3 is 2.10 bits per heavy atom. The second-order valence-electron chi connectivity index (χ2n) is 8.64. The largest absolute Gasteiger partial charge is 0.435 e. The van der Waals surface area contributed by atoms with Gasteiger partial charge in [-0.1, -0.05) is 18.2 Å². The van der Waals surface area contributed by atoms with Gasteiger partial charge in [-0.25, -0.2) is 9.98 Å². The van der Waals surface area contributed by atoms with E-state index in [9.17, 15) is 35.9 Å². The van der Waals surface area contributed by atoms with Crippen LogP contribution in [-0.2, 0) is 4.79 Å². The molecule has 0 radical (unpaired) electrons. The van der Waals surface area contributed by atoms with Gasteiger partial charge in [0.15, 0.2) is 17.6 Å². The van der Waals surface area contributed by atoms with Crippen LogP contribution in [0, 0.1) is 10.8 Å². The number of aliphatic imine (C=N–C) groups is 1. The highest BCUT2D eigenvalue weighted by atomic mass is 19.4. The first-order valence-corrected chi connectivity index (χ1v) is 11.9. The predicted molar refractivity (Wildman–Crippen MR) is 143 cm³/mol. The Bertz CT molecular complexity index is 1360. The highest BCUT2D eigenvalue weighted by Gasteiger charge is 2.45. The normalized spacial score (nSPS) is 13.2. The van der Waals surface area contributed by atoms with E-state index in [1.165, 1.54) is 26.0 Å². The number of hydrogen-bond donors (Lipinski definition) is 5. The molecule has 0 aliphatic carbocycles. The zero-order valence-corrected chi connectivity index (χ0v) is 22.2. The number of anilines is 1. The molecule has 42 heavy (non-hydrogen) atoms. The van der Waals surface area contributed by atoms with Gasteiger partial charge in [-0.2, -0.15) is 26.3 Å². The van der Waals surface area contributed by atoms with E-state index < -0.39 is 53.6 Å². The molecule has 0 saturated carbocycles. The number of carbonyl (C=O) groups excluding carboxylic acids is 2. The Balaban J connectivity index is 2.39. The first-order valence-electron chi connectivity index (χ1n) is 11.9. The Morgan fingerprint density at radius 2 is 1.64 bits per heavy atom. The van der Waals surface area contributed by atoms with E-state index in [1.807, 2.05) is 0 Å². The van der Waals surface area contributed by atoms with Crippen LogP contribution in [-0.4, -0.2) is 69.9 Å². The van der Waals surface area contributed by atoms with Crippen LogP contribution in [0.2, 0.25) is 0 Å². The van der Waals surface area contributed by atoms with Gasteiger partial charge in [0.05, 0.1) is 17.4 Å². The fraction of sp³-hybridized carbons (Fsp3) is 0.280. The topological polar surface area (TPSA) is 178 Å². The number of carbonyl (C=O) groups is 2. The summed E-state index contributed by atoms with van der Waals surface area (Å²) in [5.41, 5.74) is 7.36. The minimum atomic E-state index is -5.08. The number of amidine groups is 2. The number of allylic oxidation sites excluding steroid dienone is 1. The average Bonchev–Trinajstić information content (AvgIpc) is 2.89. The Morgan fingerprint density at radius 1 is 1.05 bits per heavy atom. The summed E-state index contributed by atoms with van der Waals surface area (Å²) in [6.07, 6.45) is -9.48. The quantitative estimate of drug-likeness (QED) is 0.112. The summed E-state index contributed by atoms with van der Waals surface area (Å²) in [5, 5.41) is 17.7. The third-order valence-corrected chi connectivity index (χ3v) is 5.58. The van der Waals surface area contributed by atoms with Crippen molar-refractivity contribution in [3.05, 3.63) is 65.6 Å². The van der Waals surface area contributed by atoms with Gasteiger partial charge >= 0.3 is 12.4 Å². The third kappa shape index (κ3) is 8.77. The molecule has 1 atom stereocenters. The molecule has 1 aromatic carbocycles. The molecule has 7 N–H and O–H groups in total. The lowest BCUT2D eigenvalue weighted by Gasteiger charge is -2.32. The van der Waals surface area contributed by atoms with Gasteiger partial charge < -0.3 is 26.6 Å². The summed E-state index contributed by atoms with van der Waals surface area (Å²) >= 11 is 0. The van der Waals surface area contributed by atoms with Crippen LogP contribution < -0.4 is 16.8 Å². The van der Waals surface area contributed by atoms with Crippen molar-refractivity contribution in [1.29, 1.82) is 10.8 Å². The molecule has 2 aromatic rings. The van der Waals surface area contributed by atoms with Crippen molar-refractivity contribution in [3.8, 4) is 0 Å². The number of nitrogens with two attached hydrogens (primary N) is 2. The molecule has 0 saturated heterocycles. The van der Waals surface area contributed by atoms with Crippen LogP contribution in [0.3, 0.4) is 0 Å². The number of pyridine rings is 1. The van der Waals surface area contributed by atoms with Crippen molar-refractivity contribution in [2.24, 2.45) is 16.5 Å². The first kappa shape index (κ1) is 33.2. The fourth-order valence-corrected chi connectivity index (χ4v) is 3.71. The number of aromatic nitrogens is 1. The smallest absolute Gasteiger partial charge is 0.403 e. The second-order valence-corrected chi connectivity index (χ2v) is 8.64. The SMILES string of the molecule is CC(=N)N(CCN(C=O)C(c1ccc(NC(=C/N)/C(=N/c2cccc(C(N)=O)n2)C(F)(F)F)cc1)C(F)(F)F)C(C)=N. The van der Waals surface area contributed by atoms with Crippen LogP contribution in [0.5, 0.6) is 0 Å². The molecule has 17 heteroatoms. The van der Waals surface area contributed by atoms with Gasteiger partial charge in [0.1, 0.15) is 5.69 Å². The Kier molecular flexibility index (Phi) is 10.8. The zero-order chi connectivity index (χ0) is 31.8. The highest BCUT2D eigenvalue weighted by molar-refractivity contribution is 6.07. The molecule has 0 bridgehead atoms. The molecule has 1 aromatic heterocycles. The van der Waals surface area contributed by atoms with Crippen LogP contribution in [0.15, 0.2) is 59.4 Å².